The fourth-order valence-corrected chi connectivity index (χ4v) is 3.96. The molecule has 2 aliphatic heterocycles. The molecular weight excluding hydrogens is 348 g/mol. The lowest BCUT2D eigenvalue weighted by molar-refractivity contribution is -0.138. The summed E-state index contributed by atoms with van der Waals surface area (Å²) in [5.74, 6) is 0.492. The van der Waals surface area contributed by atoms with E-state index in [1.54, 1.807) is 0 Å². The molecule has 4 nitrogen and oxygen atoms in total. The monoisotopic (exact) mass is 380 g/mol. The number of piperidine rings is 1. The molecule has 146 valence electrons. The lowest BCUT2D eigenvalue weighted by Gasteiger charge is -2.33. The van der Waals surface area contributed by atoms with Gasteiger partial charge in [0.05, 0.1) is 6.10 Å². The van der Waals surface area contributed by atoms with Crippen LogP contribution in [0.3, 0.4) is 0 Å². The number of rotatable bonds is 6. The van der Waals surface area contributed by atoms with Gasteiger partial charge in [0, 0.05) is 31.7 Å². The maximum atomic E-state index is 13.1. The van der Waals surface area contributed by atoms with Crippen molar-refractivity contribution in [2.45, 2.75) is 58.1 Å². The maximum Gasteiger partial charge on any atom is 0.225 e. The number of benzene rings is 1. The number of aryl methyl sites for hydroxylation is 1. The molecule has 1 aromatic carbocycles. The Kier molecular flexibility index (Phi) is 8.39. The molecule has 2 fully saturated rings. The minimum atomic E-state index is 0. The molecule has 0 aliphatic carbocycles. The van der Waals surface area contributed by atoms with Gasteiger partial charge in [-0.3, -0.25) is 4.79 Å². The number of carbonyl (C=O) groups is 1. The molecule has 0 bridgehead atoms. The number of ether oxygens (including phenoxy) is 1. The number of hydrogen-bond acceptors (Lipinski definition) is 3. The van der Waals surface area contributed by atoms with Gasteiger partial charge in [-0.1, -0.05) is 29.8 Å². The van der Waals surface area contributed by atoms with Gasteiger partial charge in [0.25, 0.3) is 0 Å². The van der Waals surface area contributed by atoms with Gasteiger partial charge in [-0.05, 0) is 58.1 Å². The summed E-state index contributed by atoms with van der Waals surface area (Å²) < 4.78 is 5.80. The van der Waals surface area contributed by atoms with E-state index in [1.807, 2.05) is 0 Å². The molecule has 3 atom stereocenters. The van der Waals surface area contributed by atoms with E-state index in [4.69, 9.17) is 4.74 Å². The van der Waals surface area contributed by atoms with Crippen LogP contribution in [0.5, 0.6) is 0 Å². The standard InChI is InChI=1S/C21H32N2O2.ClH/c1-16-5-7-18(8-6-16)10-12-23(15-20-4-3-13-25-20)21(24)19-9-11-22-17(2)14-19;/h5-8,17,19-20,22H,3-4,9-15H2,1-2H3;1H/t17-,19-,20?;/m0./s1. The highest BCUT2D eigenvalue weighted by atomic mass is 35.5. The molecule has 1 amide bonds. The third kappa shape index (κ3) is 5.97. The fourth-order valence-electron chi connectivity index (χ4n) is 3.96. The molecule has 0 radical (unpaired) electrons. The summed E-state index contributed by atoms with van der Waals surface area (Å²) in [5, 5.41) is 3.45. The zero-order valence-corrected chi connectivity index (χ0v) is 16.9. The van der Waals surface area contributed by atoms with E-state index in [0.29, 0.717) is 11.9 Å². The Labute approximate surface area is 164 Å². The molecule has 3 rings (SSSR count). The second-order valence-corrected chi connectivity index (χ2v) is 7.73. The van der Waals surface area contributed by atoms with Crippen LogP contribution < -0.4 is 5.32 Å². The van der Waals surface area contributed by atoms with Gasteiger partial charge in [-0.15, -0.1) is 12.4 Å². The van der Waals surface area contributed by atoms with Crippen molar-refractivity contribution in [3.63, 3.8) is 0 Å². The zero-order chi connectivity index (χ0) is 17.6. The fraction of sp³-hybridized carbons (Fsp3) is 0.667. The van der Waals surface area contributed by atoms with E-state index < -0.39 is 0 Å². The van der Waals surface area contributed by atoms with Gasteiger partial charge in [-0.25, -0.2) is 0 Å². The predicted octanol–water partition coefficient (Wildman–Crippen LogP) is 3.36. The van der Waals surface area contributed by atoms with Crippen LogP contribution in [0.4, 0.5) is 0 Å². The molecular formula is C21H33ClN2O2. The molecule has 0 saturated carbocycles. The summed E-state index contributed by atoms with van der Waals surface area (Å²) in [6, 6.07) is 9.09. The van der Waals surface area contributed by atoms with Gasteiger partial charge in [0.15, 0.2) is 0 Å². The summed E-state index contributed by atoms with van der Waals surface area (Å²) in [4.78, 5) is 15.2. The normalized spacial score (nSPS) is 25.5. The number of amides is 1. The number of nitrogens with zero attached hydrogens (tertiary/aromatic N) is 1. The Bertz CT molecular complexity index is 558. The molecule has 0 aromatic heterocycles. The summed E-state index contributed by atoms with van der Waals surface area (Å²) >= 11 is 0. The maximum absolute atomic E-state index is 13.1. The molecule has 1 unspecified atom stereocenters. The van der Waals surface area contributed by atoms with Gasteiger partial charge in [-0.2, -0.15) is 0 Å². The molecule has 5 heteroatoms. The summed E-state index contributed by atoms with van der Waals surface area (Å²) in [6.07, 6.45) is 5.24. The van der Waals surface area contributed by atoms with Crippen molar-refractivity contribution < 1.29 is 9.53 Å². The summed E-state index contributed by atoms with van der Waals surface area (Å²) in [6.45, 7) is 7.62. The molecule has 2 heterocycles. The van der Waals surface area contributed by atoms with E-state index in [1.165, 1.54) is 11.1 Å². The lowest BCUT2D eigenvalue weighted by atomic mass is 9.91. The largest absolute Gasteiger partial charge is 0.376 e. The van der Waals surface area contributed by atoms with E-state index in [9.17, 15) is 4.79 Å². The predicted molar refractivity (Wildman–Crippen MR) is 108 cm³/mol. The highest BCUT2D eigenvalue weighted by Crippen LogP contribution is 2.21. The Hall–Kier alpha value is -1.10. The van der Waals surface area contributed by atoms with Crippen molar-refractivity contribution >= 4 is 18.3 Å². The van der Waals surface area contributed by atoms with Gasteiger partial charge < -0.3 is 15.0 Å². The first-order valence-corrected chi connectivity index (χ1v) is 9.81. The third-order valence-electron chi connectivity index (χ3n) is 5.52. The van der Waals surface area contributed by atoms with Gasteiger partial charge in [0.1, 0.15) is 0 Å². The number of nitrogens with one attached hydrogen (secondary N) is 1. The molecule has 2 saturated heterocycles. The average Bonchev–Trinajstić information content (AvgIpc) is 3.12. The number of halogens is 1. The van der Waals surface area contributed by atoms with Crippen molar-refractivity contribution in [2.24, 2.45) is 5.92 Å². The topological polar surface area (TPSA) is 41.6 Å². The van der Waals surface area contributed by atoms with Crippen LogP contribution in [0, 0.1) is 12.8 Å². The van der Waals surface area contributed by atoms with Crippen molar-refractivity contribution in [1.29, 1.82) is 0 Å². The number of carbonyl (C=O) groups excluding carboxylic acids is 1. The molecule has 26 heavy (non-hydrogen) atoms. The van der Waals surface area contributed by atoms with Crippen LogP contribution in [-0.4, -0.2) is 49.2 Å². The van der Waals surface area contributed by atoms with Crippen LogP contribution in [0.25, 0.3) is 0 Å². The van der Waals surface area contributed by atoms with Gasteiger partial charge >= 0.3 is 0 Å². The van der Waals surface area contributed by atoms with Crippen LogP contribution in [0.2, 0.25) is 0 Å². The second kappa shape index (κ2) is 10.3. The minimum Gasteiger partial charge on any atom is -0.376 e. The second-order valence-electron chi connectivity index (χ2n) is 7.73. The highest BCUT2D eigenvalue weighted by Gasteiger charge is 2.30. The van der Waals surface area contributed by atoms with Gasteiger partial charge in [0.2, 0.25) is 5.91 Å². The first-order chi connectivity index (χ1) is 12.1. The molecule has 0 spiro atoms. The average molecular weight is 381 g/mol. The number of hydrogen-bond donors (Lipinski definition) is 1. The summed E-state index contributed by atoms with van der Waals surface area (Å²) in [7, 11) is 0. The van der Waals surface area contributed by atoms with Crippen molar-refractivity contribution in [3.05, 3.63) is 35.4 Å². The molecule has 1 aromatic rings. The zero-order valence-electron chi connectivity index (χ0n) is 16.1. The minimum absolute atomic E-state index is 0. The van der Waals surface area contributed by atoms with Crippen LogP contribution in [-0.2, 0) is 16.0 Å². The van der Waals surface area contributed by atoms with E-state index in [-0.39, 0.29) is 24.4 Å². The quantitative estimate of drug-likeness (QED) is 0.822. The Morgan fingerprint density at radius 2 is 2.04 bits per heavy atom. The van der Waals surface area contributed by atoms with E-state index in [0.717, 1.165) is 58.3 Å². The van der Waals surface area contributed by atoms with Crippen LogP contribution in [0.15, 0.2) is 24.3 Å². The van der Waals surface area contributed by atoms with Crippen molar-refractivity contribution in [1.82, 2.24) is 10.2 Å². The first-order valence-electron chi connectivity index (χ1n) is 9.81. The van der Waals surface area contributed by atoms with Crippen LogP contribution in [0.1, 0.15) is 43.7 Å². The molecule has 2 aliphatic rings. The van der Waals surface area contributed by atoms with Crippen molar-refractivity contribution in [3.8, 4) is 0 Å². The Morgan fingerprint density at radius 1 is 1.27 bits per heavy atom. The SMILES string of the molecule is Cc1ccc(CCN(CC2CCCO2)C(=O)[C@H]2CCN[C@@H](C)C2)cc1.Cl. The summed E-state index contributed by atoms with van der Waals surface area (Å²) in [5.41, 5.74) is 2.58. The van der Waals surface area contributed by atoms with Crippen molar-refractivity contribution in [2.75, 3.05) is 26.2 Å². The van der Waals surface area contributed by atoms with E-state index in [2.05, 4.69) is 48.3 Å². The Morgan fingerprint density at radius 3 is 2.69 bits per heavy atom. The molecule has 1 N–H and O–H groups in total. The highest BCUT2D eigenvalue weighted by molar-refractivity contribution is 5.85. The van der Waals surface area contributed by atoms with E-state index >= 15 is 0 Å². The Balaban J connectivity index is 0.00000243. The smallest absolute Gasteiger partial charge is 0.225 e. The first kappa shape index (κ1) is 21.2. The third-order valence-corrected chi connectivity index (χ3v) is 5.52. The van der Waals surface area contributed by atoms with Crippen LogP contribution >= 0.6 is 12.4 Å². The lowest BCUT2D eigenvalue weighted by Crippen LogP contribution is -2.46.